The molecule has 0 amide bonds. The van der Waals surface area contributed by atoms with Crippen molar-refractivity contribution in [1.82, 2.24) is 10.2 Å². The third-order valence-electron chi connectivity index (χ3n) is 2.94. The molecule has 0 radical (unpaired) electrons. The number of benzene rings is 1. The molecule has 6 nitrogen and oxygen atoms in total. The van der Waals surface area contributed by atoms with Crippen LogP contribution in [0.3, 0.4) is 0 Å². The lowest BCUT2D eigenvalue weighted by Crippen LogP contribution is -1.99. The molecule has 0 aliphatic carbocycles. The van der Waals surface area contributed by atoms with Crippen LogP contribution in [0.4, 0.5) is 0 Å². The summed E-state index contributed by atoms with van der Waals surface area (Å²) >= 11 is 1.33. The molecule has 1 aromatic heterocycles. The Hall–Kier alpha value is -2.51. The first kappa shape index (κ1) is 15.9. The highest BCUT2D eigenvalue weighted by Crippen LogP contribution is 2.26. The van der Waals surface area contributed by atoms with Crippen molar-refractivity contribution in [2.75, 3.05) is 12.9 Å². The maximum Gasteiger partial charge on any atom is 0.276 e. The molecule has 0 bridgehead atoms. The molecule has 2 aromatic rings. The molecule has 0 aliphatic heterocycles. The van der Waals surface area contributed by atoms with E-state index in [-0.39, 0.29) is 5.92 Å². The molecular weight excluding hydrogens is 300 g/mol. The summed E-state index contributed by atoms with van der Waals surface area (Å²) in [6, 6.07) is 11.5. The number of methoxy groups -OCH3 is 1. The second-order valence-corrected chi connectivity index (χ2v) is 5.41. The van der Waals surface area contributed by atoms with Gasteiger partial charge in [-0.25, -0.2) is 0 Å². The molecular formula is C15H14N4O2S. The number of aromatic nitrogens is 2. The van der Waals surface area contributed by atoms with Crippen LogP contribution in [0.1, 0.15) is 12.8 Å². The summed E-state index contributed by atoms with van der Waals surface area (Å²) in [5, 5.41) is 25.9. The van der Waals surface area contributed by atoms with Crippen LogP contribution in [0.15, 0.2) is 33.9 Å². The average molecular weight is 314 g/mol. The van der Waals surface area contributed by atoms with E-state index in [1.54, 1.807) is 7.11 Å². The lowest BCUT2D eigenvalue weighted by atomic mass is 10.1. The summed E-state index contributed by atoms with van der Waals surface area (Å²) in [6.07, 6.45) is 0.930. The van der Waals surface area contributed by atoms with Crippen LogP contribution >= 0.6 is 11.8 Å². The van der Waals surface area contributed by atoms with Crippen LogP contribution in [0, 0.1) is 28.6 Å². The molecule has 0 saturated carbocycles. The van der Waals surface area contributed by atoms with Gasteiger partial charge in [0.05, 0.1) is 25.2 Å². The molecule has 0 saturated heterocycles. The Morgan fingerprint density at radius 2 is 2.05 bits per heavy atom. The minimum Gasteiger partial charge on any atom is -0.497 e. The first-order chi connectivity index (χ1) is 10.8. The van der Waals surface area contributed by atoms with E-state index in [1.807, 2.05) is 30.3 Å². The largest absolute Gasteiger partial charge is 0.497 e. The smallest absolute Gasteiger partial charge is 0.276 e. The molecule has 0 fully saturated rings. The van der Waals surface area contributed by atoms with Crippen LogP contribution in [0.5, 0.6) is 5.75 Å². The Bertz CT molecular complexity index is 685. The standard InChI is InChI=1S/C15H14N4O2S/c1-20-13-6-4-12(5-7-13)14-18-19-15(21-14)22-10-11(9-17)3-2-8-16/h4-7,11H,2-3,10H2,1H3. The van der Waals surface area contributed by atoms with Gasteiger partial charge in [0.15, 0.2) is 0 Å². The second-order valence-electron chi connectivity index (χ2n) is 4.44. The predicted molar refractivity (Wildman–Crippen MR) is 81.0 cm³/mol. The molecule has 1 heterocycles. The van der Waals surface area contributed by atoms with Crippen molar-refractivity contribution in [1.29, 1.82) is 10.5 Å². The molecule has 7 heteroatoms. The Morgan fingerprint density at radius 3 is 2.68 bits per heavy atom. The highest BCUT2D eigenvalue weighted by Gasteiger charge is 2.13. The number of ether oxygens (including phenoxy) is 1. The minimum atomic E-state index is -0.194. The first-order valence-electron chi connectivity index (χ1n) is 6.64. The third-order valence-corrected chi connectivity index (χ3v) is 3.92. The average Bonchev–Trinajstić information content (AvgIpc) is 3.04. The zero-order valence-electron chi connectivity index (χ0n) is 12.0. The molecule has 0 spiro atoms. The summed E-state index contributed by atoms with van der Waals surface area (Å²) in [5.41, 5.74) is 0.807. The van der Waals surface area contributed by atoms with Crippen molar-refractivity contribution >= 4 is 11.8 Å². The minimum absolute atomic E-state index is 0.194. The van der Waals surface area contributed by atoms with Gasteiger partial charge in [0.25, 0.3) is 5.22 Å². The Kier molecular flexibility index (Phi) is 5.81. The van der Waals surface area contributed by atoms with E-state index in [4.69, 9.17) is 19.7 Å². The predicted octanol–water partition coefficient (Wildman–Crippen LogP) is 3.28. The van der Waals surface area contributed by atoms with E-state index < -0.39 is 0 Å². The van der Waals surface area contributed by atoms with Crippen molar-refractivity contribution in [3.05, 3.63) is 24.3 Å². The van der Waals surface area contributed by atoms with Gasteiger partial charge < -0.3 is 9.15 Å². The lowest BCUT2D eigenvalue weighted by Gasteiger charge is -2.02. The summed E-state index contributed by atoms with van der Waals surface area (Å²) in [6.45, 7) is 0. The second kappa shape index (κ2) is 8.06. The summed E-state index contributed by atoms with van der Waals surface area (Å²) in [5.74, 6) is 1.52. The van der Waals surface area contributed by atoms with E-state index in [0.717, 1.165) is 11.3 Å². The van der Waals surface area contributed by atoms with Crippen molar-refractivity contribution in [2.45, 2.75) is 18.1 Å². The number of rotatable bonds is 7. The quantitative estimate of drug-likeness (QED) is 0.723. The Balaban J connectivity index is 1.96. The maximum atomic E-state index is 9.01. The molecule has 112 valence electrons. The van der Waals surface area contributed by atoms with Gasteiger partial charge in [-0.05, 0) is 30.7 Å². The number of hydrogen-bond donors (Lipinski definition) is 0. The Labute approximate surface area is 132 Å². The summed E-state index contributed by atoms with van der Waals surface area (Å²) in [4.78, 5) is 0. The topological polar surface area (TPSA) is 95.7 Å². The van der Waals surface area contributed by atoms with E-state index in [1.165, 1.54) is 11.8 Å². The fourth-order valence-corrected chi connectivity index (χ4v) is 2.54. The molecule has 0 aliphatic rings. The van der Waals surface area contributed by atoms with E-state index in [0.29, 0.717) is 29.7 Å². The normalized spacial score (nSPS) is 11.4. The van der Waals surface area contributed by atoms with Gasteiger partial charge in [-0.15, -0.1) is 10.2 Å². The fourth-order valence-electron chi connectivity index (χ4n) is 1.71. The summed E-state index contributed by atoms with van der Waals surface area (Å²) in [7, 11) is 1.61. The van der Waals surface area contributed by atoms with Gasteiger partial charge in [0, 0.05) is 17.7 Å². The van der Waals surface area contributed by atoms with Gasteiger partial charge in [-0.3, -0.25) is 0 Å². The molecule has 1 atom stereocenters. The third kappa shape index (κ3) is 4.24. The highest BCUT2D eigenvalue weighted by atomic mass is 32.2. The van der Waals surface area contributed by atoms with Crippen LogP contribution in [0.2, 0.25) is 0 Å². The van der Waals surface area contributed by atoms with Crippen LogP contribution in [-0.2, 0) is 0 Å². The van der Waals surface area contributed by atoms with E-state index in [2.05, 4.69) is 16.3 Å². The number of nitriles is 2. The number of thioether (sulfide) groups is 1. The van der Waals surface area contributed by atoms with Crippen LogP contribution < -0.4 is 4.74 Å². The van der Waals surface area contributed by atoms with Gasteiger partial charge in [-0.2, -0.15) is 10.5 Å². The monoisotopic (exact) mass is 314 g/mol. The first-order valence-corrected chi connectivity index (χ1v) is 7.62. The molecule has 0 N–H and O–H groups in total. The van der Waals surface area contributed by atoms with Crippen molar-refractivity contribution in [3.63, 3.8) is 0 Å². The van der Waals surface area contributed by atoms with E-state index in [9.17, 15) is 0 Å². The van der Waals surface area contributed by atoms with Gasteiger partial charge in [-0.1, -0.05) is 11.8 Å². The molecule has 2 rings (SSSR count). The van der Waals surface area contributed by atoms with Crippen LogP contribution in [0.25, 0.3) is 11.5 Å². The van der Waals surface area contributed by atoms with Crippen LogP contribution in [-0.4, -0.2) is 23.1 Å². The lowest BCUT2D eigenvalue weighted by molar-refractivity contribution is 0.414. The van der Waals surface area contributed by atoms with Crippen molar-refractivity contribution in [3.8, 4) is 29.3 Å². The van der Waals surface area contributed by atoms with Gasteiger partial charge >= 0.3 is 0 Å². The zero-order valence-corrected chi connectivity index (χ0v) is 12.8. The Morgan fingerprint density at radius 1 is 1.27 bits per heavy atom. The fraction of sp³-hybridized carbons (Fsp3) is 0.333. The number of nitrogens with zero attached hydrogens (tertiary/aromatic N) is 4. The van der Waals surface area contributed by atoms with Gasteiger partial charge in [0.1, 0.15) is 5.75 Å². The van der Waals surface area contributed by atoms with Gasteiger partial charge in [0.2, 0.25) is 5.89 Å². The molecule has 1 unspecified atom stereocenters. The van der Waals surface area contributed by atoms with Crippen molar-refractivity contribution < 1.29 is 9.15 Å². The zero-order chi connectivity index (χ0) is 15.8. The maximum absolute atomic E-state index is 9.01. The molecule has 22 heavy (non-hydrogen) atoms. The molecule has 1 aromatic carbocycles. The SMILES string of the molecule is COc1ccc(-c2nnc(SCC(C#N)CCC#N)o2)cc1. The highest BCUT2D eigenvalue weighted by molar-refractivity contribution is 7.99. The van der Waals surface area contributed by atoms with Crippen molar-refractivity contribution in [2.24, 2.45) is 5.92 Å². The number of hydrogen-bond acceptors (Lipinski definition) is 7. The summed E-state index contributed by atoms with van der Waals surface area (Å²) < 4.78 is 10.7. The van der Waals surface area contributed by atoms with E-state index >= 15 is 0 Å².